The fraction of sp³-hybridized carbons (Fsp3) is 0.0455. The Labute approximate surface area is 163 Å². The molecule has 0 aliphatic rings. The predicted octanol–water partition coefficient (Wildman–Crippen LogP) is 4.16. The predicted molar refractivity (Wildman–Crippen MR) is 111 cm³/mol. The second-order valence-corrected chi connectivity index (χ2v) is 5.95. The minimum Gasteiger partial charge on any atom is -0.488 e. The van der Waals surface area contributed by atoms with Gasteiger partial charge in [-0.15, -0.1) is 0 Å². The van der Waals surface area contributed by atoms with Crippen LogP contribution >= 0.6 is 0 Å². The number of hydrogen-bond donors (Lipinski definition) is 3. The van der Waals surface area contributed by atoms with Crippen molar-refractivity contribution in [1.29, 1.82) is 10.7 Å². The van der Waals surface area contributed by atoms with Crippen LogP contribution in [0.2, 0.25) is 0 Å². The zero-order chi connectivity index (χ0) is 19.8. The lowest BCUT2D eigenvalue weighted by atomic mass is 10.0. The van der Waals surface area contributed by atoms with Crippen LogP contribution in [0.25, 0.3) is 11.1 Å². The van der Waals surface area contributed by atoms with E-state index in [1.807, 2.05) is 78.9 Å². The number of ether oxygens (including phenoxy) is 1. The quantitative estimate of drug-likeness (QED) is 0.330. The molecule has 0 aliphatic heterocycles. The van der Waals surface area contributed by atoms with E-state index in [-0.39, 0.29) is 11.5 Å². The summed E-state index contributed by atoms with van der Waals surface area (Å²) in [5, 5.41) is 20.0. The van der Waals surface area contributed by atoms with Crippen LogP contribution in [0.4, 0.5) is 5.69 Å². The molecule has 0 spiro atoms. The van der Waals surface area contributed by atoms with Crippen molar-refractivity contribution in [2.24, 2.45) is 10.8 Å². The van der Waals surface area contributed by atoms with Crippen molar-refractivity contribution in [2.75, 3.05) is 5.43 Å². The first-order valence-electron chi connectivity index (χ1n) is 8.62. The molecule has 0 saturated carbocycles. The molecule has 4 N–H and O–H groups in total. The summed E-state index contributed by atoms with van der Waals surface area (Å²) in [6.45, 7) is 0.494. The number of hydrazone groups is 1. The van der Waals surface area contributed by atoms with Gasteiger partial charge in [-0.25, -0.2) is 0 Å². The van der Waals surface area contributed by atoms with Gasteiger partial charge in [-0.05, 0) is 29.3 Å². The summed E-state index contributed by atoms with van der Waals surface area (Å²) >= 11 is 0. The third kappa shape index (κ3) is 4.74. The summed E-state index contributed by atoms with van der Waals surface area (Å²) in [5.74, 6) is 0.421. The van der Waals surface area contributed by atoms with E-state index in [2.05, 4.69) is 10.5 Å². The monoisotopic (exact) mass is 369 g/mol. The van der Waals surface area contributed by atoms with Crippen molar-refractivity contribution in [3.63, 3.8) is 0 Å². The molecule has 6 nitrogen and oxygen atoms in total. The van der Waals surface area contributed by atoms with Crippen LogP contribution in [0.3, 0.4) is 0 Å². The van der Waals surface area contributed by atoms with Gasteiger partial charge >= 0.3 is 0 Å². The fourth-order valence-corrected chi connectivity index (χ4v) is 2.56. The van der Waals surface area contributed by atoms with Crippen molar-refractivity contribution in [1.82, 2.24) is 0 Å². The highest BCUT2D eigenvalue weighted by Gasteiger charge is 2.07. The maximum atomic E-state index is 8.88. The van der Waals surface area contributed by atoms with E-state index in [0.717, 1.165) is 22.4 Å². The third-order valence-corrected chi connectivity index (χ3v) is 3.98. The number of benzene rings is 3. The summed E-state index contributed by atoms with van der Waals surface area (Å²) in [6.07, 6.45) is 0. The SMILES string of the molecule is N#C/C(=N\Nc1ccc(-c2ccccc2OCc2ccccc2)cc1)C(=N)N. The van der Waals surface area contributed by atoms with Crippen LogP contribution < -0.4 is 15.9 Å². The number of nitriles is 1. The normalized spacial score (nSPS) is 10.8. The molecule has 0 radical (unpaired) electrons. The van der Waals surface area contributed by atoms with Gasteiger partial charge in [0.2, 0.25) is 5.71 Å². The van der Waals surface area contributed by atoms with Crippen molar-refractivity contribution in [2.45, 2.75) is 6.61 Å². The highest BCUT2D eigenvalue weighted by Crippen LogP contribution is 2.31. The number of nitrogens with two attached hydrogens (primary N) is 1. The average molecular weight is 369 g/mol. The van der Waals surface area contributed by atoms with Gasteiger partial charge in [0.15, 0.2) is 5.84 Å². The summed E-state index contributed by atoms with van der Waals surface area (Å²) < 4.78 is 6.02. The van der Waals surface area contributed by atoms with Crippen molar-refractivity contribution < 1.29 is 4.74 Å². The van der Waals surface area contributed by atoms with Gasteiger partial charge < -0.3 is 10.5 Å². The molecule has 0 bridgehead atoms. The van der Waals surface area contributed by atoms with Crippen LogP contribution in [-0.4, -0.2) is 11.5 Å². The highest BCUT2D eigenvalue weighted by molar-refractivity contribution is 6.45. The van der Waals surface area contributed by atoms with Crippen LogP contribution in [0.15, 0.2) is 84.0 Å². The lowest BCUT2D eigenvalue weighted by molar-refractivity contribution is 0.307. The van der Waals surface area contributed by atoms with Gasteiger partial charge in [0.05, 0.1) is 5.69 Å². The molecule has 138 valence electrons. The van der Waals surface area contributed by atoms with Gasteiger partial charge in [-0.1, -0.05) is 60.7 Å². The smallest absolute Gasteiger partial charge is 0.201 e. The van der Waals surface area contributed by atoms with E-state index in [0.29, 0.717) is 12.3 Å². The Balaban J connectivity index is 1.75. The highest BCUT2D eigenvalue weighted by atomic mass is 16.5. The maximum Gasteiger partial charge on any atom is 0.201 e. The van der Waals surface area contributed by atoms with Gasteiger partial charge in [0.1, 0.15) is 18.4 Å². The van der Waals surface area contributed by atoms with Gasteiger partial charge in [-0.3, -0.25) is 10.8 Å². The topological polar surface area (TPSA) is 107 Å². The molecule has 6 heteroatoms. The first-order valence-corrected chi connectivity index (χ1v) is 8.62. The minimum absolute atomic E-state index is 0.163. The van der Waals surface area contributed by atoms with Crippen molar-refractivity contribution in [3.8, 4) is 22.9 Å². The number of amidine groups is 1. The number of nitrogens with one attached hydrogen (secondary N) is 2. The van der Waals surface area contributed by atoms with Crippen LogP contribution in [0.1, 0.15) is 5.56 Å². The Morgan fingerprint density at radius 1 is 1.00 bits per heavy atom. The molecule has 3 rings (SSSR count). The summed E-state index contributed by atoms with van der Waals surface area (Å²) in [5.41, 5.74) is 11.6. The molecule has 0 fully saturated rings. The Morgan fingerprint density at radius 3 is 2.36 bits per heavy atom. The molecule has 0 unspecified atom stereocenters. The zero-order valence-electron chi connectivity index (χ0n) is 15.1. The number of hydrogen-bond acceptors (Lipinski definition) is 5. The standard InChI is InChI=1S/C22H19N5O/c23-14-20(22(24)25)27-26-18-12-10-17(11-13-18)19-8-4-5-9-21(19)28-15-16-6-2-1-3-7-16/h1-13,26H,15H2,(H3,24,25)/b27-20+. The maximum absolute atomic E-state index is 8.88. The molecule has 3 aromatic carbocycles. The van der Waals surface area contributed by atoms with Gasteiger partial charge in [0, 0.05) is 5.56 Å². The lowest BCUT2D eigenvalue weighted by Crippen LogP contribution is -2.21. The Morgan fingerprint density at radius 2 is 1.68 bits per heavy atom. The molecule has 0 aromatic heterocycles. The van der Waals surface area contributed by atoms with E-state index >= 15 is 0 Å². The molecule has 0 heterocycles. The zero-order valence-corrected chi connectivity index (χ0v) is 15.1. The molecule has 0 atom stereocenters. The number of rotatable bonds is 7. The molecular weight excluding hydrogens is 350 g/mol. The Kier molecular flexibility index (Phi) is 6.01. The largest absolute Gasteiger partial charge is 0.488 e. The van der Waals surface area contributed by atoms with E-state index in [4.69, 9.17) is 21.1 Å². The van der Waals surface area contributed by atoms with E-state index in [9.17, 15) is 0 Å². The molecule has 3 aromatic rings. The lowest BCUT2D eigenvalue weighted by Gasteiger charge is -2.12. The second-order valence-electron chi connectivity index (χ2n) is 5.95. The van der Waals surface area contributed by atoms with E-state index in [1.165, 1.54) is 0 Å². The first-order chi connectivity index (χ1) is 13.7. The average Bonchev–Trinajstić information content (AvgIpc) is 2.74. The van der Waals surface area contributed by atoms with Crippen molar-refractivity contribution >= 4 is 17.2 Å². The molecule has 0 aliphatic carbocycles. The van der Waals surface area contributed by atoms with Gasteiger partial charge in [-0.2, -0.15) is 10.4 Å². The minimum atomic E-state index is -0.379. The Bertz CT molecular complexity index is 1020. The Hall–Kier alpha value is -4.11. The van der Waals surface area contributed by atoms with E-state index < -0.39 is 0 Å². The second kappa shape index (κ2) is 9.01. The molecule has 28 heavy (non-hydrogen) atoms. The molecule has 0 amide bonds. The summed E-state index contributed by atoms with van der Waals surface area (Å²) in [6, 6.07) is 27.2. The van der Waals surface area contributed by atoms with E-state index in [1.54, 1.807) is 6.07 Å². The van der Waals surface area contributed by atoms with Crippen molar-refractivity contribution in [3.05, 3.63) is 84.4 Å². The van der Waals surface area contributed by atoms with Crippen LogP contribution in [0, 0.1) is 16.7 Å². The first kappa shape index (κ1) is 18.7. The number of para-hydroxylation sites is 1. The third-order valence-electron chi connectivity index (χ3n) is 3.98. The fourth-order valence-electron chi connectivity index (χ4n) is 2.56. The number of anilines is 1. The van der Waals surface area contributed by atoms with Gasteiger partial charge in [0.25, 0.3) is 0 Å². The van der Waals surface area contributed by atoms with Crippen LogP contribution in [-0.2, 0) is 6.61 Å². The summed E-state index contributed by atoms with van der Waals surface area (Å²) in [7, 11) is 0. The molecular formula is C22H19N5O. The molecule has 0 saturated heterocycles. The number of nitrogens with zero attached hydrogens (tertiary/aromatic N) is 2. The summed E-state index contributed by atoms with van der Waals surface area (Å²) in [4.78, 5) is 0. The van der Waals surface area contributed by atoms with Crippen LogP contribution in [0.5, 0.6) is 5.75 Å².